The summed E-state index contributed by atoms with van der Waals surface area (Å²) in [5, 5.41) is 6.88. The van der Waals surface area contributed by atoms with Crippen molar-refractivity contribution in [1.29, 1.82) is 0 Å². The highest BCUT2D eigenvalue weighted by molar-refractivity contribution is 14.0. The van der Waals surface area contributed by atoms with Gasteiger partial charge in [-0.3, -0.25) is 4.99 Å². The van der Waals surface area contributed by atoms with Crippen molar-refractivity contribution in [1.82, 2.24) is 10.6 Å². The number of aliphatic imine (C=N–C) groups is 1. The first-order chi connectivity index (χ1) is 9.43. The second kappa shape index (κ2) is 7.46. The van der Waals surface area contributed by atoms with Crippen LogP contribution in [-0.4, -0.2) is 51.0 Å². The Balaban J connectivity index is 0.00000220. The molecule has 21 heavy (non-hydrogen) atoms. The molecule has 6 heteroatoms. The number of hydrogen-bond acceptors (Lipinski definition) is 3. The largest absolute Gasteiger partial charge is 0.378 e. The second-order valence-corrected chi connectivity index (χ2v) is 6.65. The molecule has 0 amide bonds. The van der Waals surface area contributed by atoms with E-state index in [9.17, 15) is 0 Å². The van der Waals surface area contributed by atoms with E-state index in [1.807, 2.05) is 7.05 Å². The second-order valence-electron chi connectivity index (χ2n) is 6.65. The van der Waals surface area contributed by atoms with Crippen LogP contribution in [0.4, 0.5) is 0 Å². The first kappa shape index (κ1) is 19.0. The fourth-order valence-electron chi connectivity index (χ4n) is 3.10. The first-order valence-corrected chi connectivity index (χ1v) is 7.57. The number of rotatable bonds is 4. The molecule has 124 valence electrons. The minimum absolute atomic E-state index is 0. The average molecular weight is 411 g/mol. The van der Waals surface area contributed by atoms with Crippen molar-refractivity contribution in [3.8, 4) is 0 Å². The minimum atomic E-state index is -0.0575. The normalized spacial score (nSPS) is 34.8. The van der Waals surface area contributed by atoms with Crippen LogP contribution in [0, 0.1) is 5.41 Å². The van der Waals surface area contributed by atoms with E-state index in [0.29, 0.717) is 12.1 Å². The highest BCUT2D eigenvalue weighted by atomic mass is 127. The van der Waals surface area contributed by atoms with Crippen molar-refractivity contribution in [2.75, 3.05) is 27.3 Å². The third-order valence-electron chi connectivity index (χ3n) is 5.33. The van der Waals surface area contributed by atoms with Crippen LogP contribution in [-0.2, 0) is 9.47 Å². The number of methoxy groups -OCH3 is 1. The van der Waals surface area contributed by atoms with Crippen LogP contribution >= 0.6 is 24.0 Å². The zero-order valence-electron chi connectivity index (χ0n) is 13.9. The Morgan fingerprint density at radius 2 is 2.10 bits per heavy atom. The van der Waals surface area contributed by atoms with Gasteiger partial charge in [-0.25, -0.2) is 0 Å². The molecule has 5 nitrogen and oxygen atoms in total. The van der Waals surface area contributed by atoms with Gasteiger partial charge >= 0.3 is 0 Å². The lowest BCUT2D eigenvalue weighted by Crippen LogP contribution is -2.69. The number of ether oxygens (including phenoxy) is 2. The third-order valence-corrected chi connectivity index (χ3v) is 5.33. The van der Waals surface area contributed by atoms with Crippen molar-refractivity contribution in [3.05, 3.63) is 0 Å². The Kier molecular flexibility index (Phi) is 6.74. The van der Waals surface area contributed by atoms with E-state index in [0.717, 1.165) is 32.0 Å². The van der Waals surface area contributed by atoms with Crippen molar-refractivity contribution < 1.29 is 9.47 Å². The van der Waals surface area contributed by atoms with Crippen molar-refractivity contribution >= 4 is 29.9 Å². The summed E-state index contributed by atoms with van der Waals surface area (Å²) in [6, 6.07) is 0.378. The summed E-state index contributed by atoms with van der Waals surface area (Å²) in [4.78, 5) is 4.31. The Labute approximate surface area is 145 Å². The molecule has 1 aliphatic heterocycles. The molecule has 2 fully saturated rings. The van der Waals surface area contributed by atoms with Crippen LogP contribution in [0.15, 0.2) is 4.99 Å². The molecule has 1 heterocycles. The predicted octanol–water partition coefficient (Wildman–Crippen LogP) is 2.15. The first-order valence-electron chi connectivity index (χ1n) is 7.57. The van der Waals surface area contributed by atoms with Gasteiger partial charge in [0.15, 0.2) is 5.96 Å². The zero-order valence-corrected chi connectivity index (χ0v) is 16.2. The van der Waals surface area contributed by atoms with E-state index < -0.39 is 0 Å². The predicted molar refractivity (Wildman–Crippen MR) is 96.5 cm³/mol. The van der Waals surface area contributed by atoms with Crippen LogP contribution < -0.4 is 10.6 Å². The molecule has 0 aromatic heterocycles. The minimum Gasteiger partial charge on any atom is -0.378 e. The smallest absolute Gasteiger partial charge is 0.191 e. The monoisotopic (exact) mass is 411 g/mol. The Hall–Kier alpha value is -0.0800. The lowest BCUT2D eigenvalue weighted by Gasteiger charge is -2.59. The van der Waals surface area contributed by atoms with E-state index in [2.05, 4.69) is 36.4 Å². The number of hydrogen-bond donors (Lipinski definition) is 2. The topological polar surface area (TPSA) is 54.9 Å². The summed E-state index contributed by atoms with van der Waals surface area (Å²) in [6.45, 7) is 8.37. The van der Waals surface area contributed by atoms with E-state index >= 15 is 0 Å². The molecule has 0 aromatic carbocycles. The Bertz CT molecular complexity index is 370. The summed E-state index contributed by atoms with van der Waals surface area (Å²) >= 11 is 0. The van der Waals surface area contributed by atoms with Crippen LogP contribution in [0.3, 0.4) is 0 Å². The van der Waals surface area contributed by atoms with Crippen LogP contribution in [0.2, 0.25) is 0 Å². The van der Waals surface area contributed by atoms with Gasteiger partial charge in [0.05, 0.1) is 11.7 Å². The van der Waals surface area contributed by atoms with Crippen molar-refractivity contribution in [3.63, 3.8) is 0 Å². The van der Waals surface area contributed by atoms with Gasteiger partial charge in [-0.2, -0.15) is 0 Å². The van der Waals surface area contributed by atoms with E-state index in [1.165, 1.54) is 6.42 Å². The van der Waals surface area contributed by atoms with Gasteiger partial charge in [0, 0.05) is 38.8 Å². The SMILES string of the molecule is CN=C(NCC1CCCO1)NC1CC(C)(OC)C1(C)C.I. The van der Waals surface area contributed by atoms with Gasteiger partial charge < -0.3 is 20.1 Å². The maximum Gasteiger partial charge on any atom is 0.191 e. The molecule has 0 bridgehead atoms. The molecule has 3 atom stereocenters. The zero-order chi connectivity index (χ0) is 14.8. The van der Waals surface area contributed by atoms with Crippen LogP contribution in [0.25, 0.3) is 0 Å². The average Bonchev–Trinajstić information content (AvgIpc) is 2.95. The Morgan fingerprint density at radius 3 is 2.57 bits per heavy atom. The Morgan fingerprint density at radius 1 is 1.38 bits per heavy atom. The number of nitrogens with one attached hydrogen (secondary N) is 2. The lowest BCUT2D eigenvalue weighted by molar-refractivity contribution is -0.176. The van der Waals surface area contributed by atoms with Gasteiger partial charge in [0.2, 0.25) is 0 Å². The number of nitrogens with zero attached hydrogens (tertiary/aromatic N) is 1. The molecular weight excluding hydrogens is 381 g/mol. The fourth-order valence-corrected chi connectivity index (χ4v) is 3.10. The van der Waals surface area contributed by atoms with Gasteiger partial charge in [-0.15, -0.1) is 24.0 Å². The van der Waals surface area contributed by atoms with E-state index in [1.54, 1.807) is 7.11 Å². The van der Waals surface area contributed by atoms with Crippen LogP contribution in [0.1, 0.15) is 40.0 Å². The maximum absolute atomic E-state index is 5.66. The summed E-state index contributed by atoms with van der Waals surface area (Å²) in [5.74, 6) is 0.858. The van der Waals surface area contributed by atoms with E-state index in [4.69, 9.17) is 9.47 Å². The van der Waals surface area contributed by atoms with Gasteiger partial charge in [0.1, 0.15) is 0 Å². The third kappa shape index (κ3) is 3.82. The molecule has 2 aliphatic rings. The molecule has 0 aromatic rings. The van der Waals surface area contributed by atoms with Gasteiger partial charge in [-0.1, -0.05) is 13.8 Å². The summed E-state index contributed by atoms with van der Waals surface area (Å²) < 4.78 is 11.3. The number of halogens is 1. The molecule has 2 rings (SSSR count). The van der Waals surface area contributed by atoms with Crippen molar-refractivity contribution in [2.24, 2.45) is 10.4 Å². The van der Waals surface area contributed by atoms with Gasteiger partial charge in [-0.05, 0) is 26.2 Å². The summed E-state index contributed by atoms with van der Waals surface area (Å²) in [5.41, 5.74) is 0.0291. The maximum atomic E-state index is 5.66. The van der Waals surface area contributed by atoms with Crippen molar-refractivity contribution in [2.45, 2.75) is 57.8 Å². The quantitative estimate of drug-likeness (QED) is 0.423. The fraction of sp³-hybridized carbons (Fsp3) is 0.933. The molecule has 0 radical (unpaired) electrons. The molecule has 1 saturated carbocycles. The molecular formula is C15H30IN3O2. The van der Waals surface area contributed by atoms with Gasteiger partial charge in [0.25, 0.3) is 0 Å². The summed E-state index contributed by atoms with van der Waals surface area (Å²) in [7, 11) is 3.61. The van der Waals surface area contributed by atoms with Crippen LogP contribution in [0.5, 0.6) is 0 Å². The van der Waals surface area contributed by atoms with E-state index in [-0.39, 0.29) is 35.0 Å². The molecule has 0 spiro atoms. The highest BCUT2D eigenvalue weighted by Crippen LogP contribution is 2.51. The molecule has 1 saturated heterocycles. The molecule has 2 N–H and O–H groups in total. The highest BCUT2D eigenvalue weighted by Gasteiger charge is 2.58. The summed E-state index contributed by atoms with van der Waals surface area (Å²) in [6.07, 6.45) is 3.63. The standard InChI is InChI=1S/C15H29N3O2.HI/c1-14(2)12(9-15(14,3)19-5)18-13(16-4)17-10-11-7-6-8-20-11;/h11-12H,6-10H2,1-5H3,(H2,16,17,18);1H. The molecule has 1 aliphatic carbocycles. The lowest BCUT2D eigenvalue weighted by atomic mass is 9.56. The number of guanidine groups is 1. The molecule has 3 unspecified atom stereocenters.